The zero-order valence-electron chi connectivity index (χ0n) is 29.6. The number of hydrogen-bond acceptors (Lipinski definition) is 8. The van der Waals surface area contributed by atoms with Gasteiger partial charge in [-0.3, -0.25) is 23.5 Å². The van der Waals surface area contributed by atoms with Crippen LogP contribution in [0.1, 0.15) is 81.9 Å². The fourth-order valence-corrected chi connectivity index (χ4v) is 9.02. The largest absolute Gasteiger partial charge is 0.480 e. The summed E-state index contributed by atoms with van der Waals surface area (Å²) in [6.45, 7) is 4.36. The number of allylic oxidation sites excluding steroid dienone is 1. The molecule has 0 atom stereocenters. The van der Waals surface area contributed by atoms with Crippen molar-refractivity contribution in [3.05, 3.63) is 104 Å². The number of fused-ring (bicyclic) bond motifs is 2. The molecule has 0 fully saturated rings. The average Bonchev–Trinajstić information content (AvgIpc) is 3.55. The van der Waals surface area contributed by atoms with Gasteiger partial charge in [-0.05, 0) is 67.2 Å². The molecule has 10 nitrogen and oxygen atoms in total. The number of aryl methyl sites for hydroxylation is 2. The fraction of sp³-hybridized carbons (Fsp3) is 0.375. The van der Waals surface area contributed by atoms with Crippen LogP contribution in [0.5, 0.6) is 0 Å². The Morgan fingerprint density at radius 2 is 1.56 bits per heavy atom. The molecule has 2 aromatic heterocycles. The molecule has 0 unspecified atom stereocenters. The van der Waals surface area contributed by atoms with Gasteiger partial charge in [0.15, 0.2) is 5.57 Å². The quantitative estimate of drug-likeness (QED) is 0.138. The van der Waals surface area contributed by atoms with Crippen molar-refractivity contribution in [3.8, 4) is 6.07 Å². The minimum atomic E-state index is -1.58. The van der Waals surface area contributed by atoms with Crippen LogP contribution in [0.3, 0.4) is 0 Å². The van der Waals surface area contributed by atoms with E-state index in [-0.39, 0.29) is 26.0 Å². The predicted octanol–water partition coefficient (Wildman–Crippen LogP) is 6.15. The highest BCUT2D eigenvalue weighted by atomic mass is 32.1. The average molecular weight is 741 g/mol. The number of carboxylic acid groups (broad SMARTS) is 2. The lowest BCUT2D eigenvalue weighted by Crippen LogP contribution is -2.32. The van der Waals surface area contributed by atoms with Gasteiger partial charge in [0.2, 0.25) is 0 Å². The van der Waals surface area contributed by atoms with E-state index in [9.17, 15) is 34.7 Å². The molecule has 52 heavy (non-hydrogen) atoms. The van der Waals surface area contributed by atoms with Crippen LogP contribution >= 0.6 is 22.7 Å². The minimum Gasteiger partial charge on any atom is -0.480 e. The minimum absolute atomic E-state index is 0.00102. The maximum atomic E-state index is 13.4. The second-order valence-corrected chi connectivity index (χ2v) is 14.8. The zero-order chi connectivity index (χ0) is 37.2. The molecule has 0 spiro atoms. The molecule has 0 radical (unpaired) electrons. The number of carbonyl (C=O) groups is 2. The number of hydrogen-bond donors (Lipinski definition) is 2. The van der Waals surface area contributed by atoms with Crippen LogP contribution in [0.4, 0.5) is 11.4 Å². The van der Waals surface area contributed by atoms with E-state index < -0.39 is 29.6 Å². The van der Waals surface area contributed by atoms with Crippen molar-refractivity contribution in [3.63, 3.8) is 0 Å². The first-order chi connectivity index (χ1) is 25.2. The lowest BCUT2D eigenvalue weighted by atomic mass is 10.0. The number of benzene rings is 2. The summed E-state index contributed by atoms with van der Waals surface area (Å²) in [4.78, 5) is 52.5. The number of nitrogens with zero attached hydrogens (tertiary/aromatic N) is 4. The summed E-state index contributed by atoms with van der Waals surface area (Å²) in [5.41, 5.74) is 4.27. The Morgan fingerprint density at radius 3 is 2.25 bits per heavy atom. The Morgan fingerprint density at radius 1 is 0.865 bits per heavy atom. The van der Waals surface area contributed by atoms with Crippen LogP contribution in [-0.2, 0) is 35.5 Å². The maximum Gasteiger partial charge on any atom is 0.349 e. The van der Waals surface area contributed by atoms with Crippen LogP contribution in [0.15, 0.2) is 58.1 Å². The Labute approximate surface area is 309 Å². The van der Waals surface area contributed by atoms with Crippen LogP contribution in [0.25, 0.3) is 17.7 Å². The van der Waals surface area contributed by atoms with Gasteiger partial charge >= 0.3 is 11.9 Å². The summed E-state index contributed by atoms with van der Waals surface area (Å²) in [5.74, 6) is -2.95. The smallest absolute Gasteiger partial charge is 0.349 e. The van der Waals surface area contributed by atoms with E-state index in [1.165, 1.54) is 72.0 Å². The van der Waals surface area contributed by atoms with E-state index in [1.54, 1.807) is 25.1 Å². The fourth-order valence-electron chi connectivity index (χ4n) is 6.64. The molecule has 5 rings (SSSR count). The lowest BCUT2D eigenvalue weighted by molar-refractivity contribution is -0.138. The molecule has 2 N–H and O–H groups in total. The van der Waals surface area contributed by atoms with Crippen LogP contribution in [0.2, 0.25) is 0 Å². The first-order valence-electron chi connectivity index (χ1n) is 17.9. The first-order valence-corrected chi connectivity index (χ1v) is 19.5. The van der Waals surface area contributed by atoms with Gasteiger partial charge in [-0.2, -0.15) is 5.26 Å². The van der Waals surface area contributed by atoms with E-state index >= 15 is 0 Å². The van der Waals surface area contributed by atoms with Gasteiger partial charge in [0, 0.05) is 24.5 Å². The predicted molar refractivity (Wildman–Crippen MR) is 207 cm³/mol. The molecule has 0 saturated heterocycles. The van der Waals surface area contributed by atoms with E-state index in [1.807, 2.05) is 6.08 Å². The Kier molecular flexibility index (Phi) is 13.2. The maximum absolute atomic E-state index is 13.4. The van der Waals surface area contributed by atoms with E-state index in [0.717, 1.165) is 47.3 Å². The second kappa shape index (κ2) is 18.0. The number of para-hydroxylation sites is 1. The van der Waals surface area contributed by atoms with Crippen LogP contribution in [-0.4, -0.2) is 37.8 Å². The number of carboxylic acids is 2. The molecule has 0 bridgehead atoms. The van der Waals surface area contributed by atoms with Crippen molar-refractivity contribution in [1.82, 2.24) is 9.13 Å². The summed E-state index contributed by atoms with van der Waals surface area (Å²) >= 11 is 1.76. The van der Waals surface area contributed by atoms with Crippen molar-refractivity contribution in [2.75, 3.05) is 11.4 Å². The normalized spacial score (nSPS) is 14.2. The van der Waals surface area contributed by atoms with Crippen molar-refractivity contribution in [1.29, 1.82) is 5.26 Å². The molecular formula is C40H44N4O6S2. The highest BCUT2D eigenvalue weighted by Crippen LogP contribution is 2.37. The monoisotopic (exact) mass is 740 g/mol. The van der Waals surface area contributed by atoms with Gasteiger partial charge in [0.1, 0.15) is 26.5 Å². The van der Waals surface area contributed by atoms with Gasteiger partial charge in [0.05, 0.1) is 4.53 Å². The third-order valence-corrected chi connectivity index (χ3v) is 11.7. The van der Waals surface area contributed by atoms with Crippen molar-refractivity contribution < 1.29 is 19.8 Å². The second-order valence-electron chi connectivity index (χ2n) is 12.8. The van der Waals surface area contributed by atoms with Gasteiger partial charge < -0.3 is 15.1 Å². The van der Waals surface area contributed by atoms with Crippen molar-refractivity contribution in [2.24, 2.45) is 0 Å². The molecule has 4 aromatic rings. The summed E-state index contributed by atoms with van der Waals surface area (Å²) in [7, 11) is 0. The molecule has 12 heteroatoms. The number of rotatable bonds is 15. The standard InChI is InChI=1S/C40H44N4O6S2/c1-3-5-6-7-8-9-10-13-23-43-31-17-12-11-16-28(31)20-21-29-24-27(19-22-32(29)43)15-14-18-33-36(47)42(4-2)39(51-33)35-37(48)44(26-34(45)46)38(52-35)30(25-41)40(49)50/h11-12,14-19,22,24H,3-10,13,20-21,23,26H2,1-2H3,(H,45,46)(H,49,50)/b15-14?,33-18?,38-30?,39-35+. The highest BCUT2D eigenvalue weighted by Gasteiger charge is 2.21. The molecule has 0 amide bonds. The number of aromatic nitrogens is 2. The topological polar surface area (TPSA) is 146 Å². The van der Waals surface area contributed by atoms with Gasteiger partial charge in [0.25, 0.3) is 11.1 Å². The Bertz CT molecular complexity index is 2360. The molecule has 1 aliphatic rings. The molecule has 1 aliphatic heterocycles. The van der Waals surface area contributed by atoms with E-state index in [0.29, 0.717) is 15.9 Å². The Hall–Kier alpha value is -4.99. The van der Waals surface area contributed by atoms with E-state index in [2.05, 4.69) is 54.3 Å². The van der Waals surface area contributed by atoms with Crippen LogP contribution < -0.4 is 25.2 Å². The van der Waals surface area contributed by atoms with Gasteiger partial charge in [-0.1, -0.05) is 88.3 Å². The Balaban J connectivity index is 1.47. The molecule has 0 aliphatic carbocycles. The number of nitriles is 1. The lowest BCUT2D eigenvalue weighted by Gasteiger charge is -2.27. The summed E-state index contributed by atoms with van der Waals surface area (Å²) < 4.78 is 2.51. The molecular weight excluding hydrogens is 697 g/mol. The summed E-state index contributed by atoms with van der Waals surface area (Å²) in [5, 5.41) is 28.3. The number of unbranched alkanes of at least 4 members (excludes halogenated alkanes) is 7. The number of aliphatic carboxylic acids is 2. The molecule has 0 saturated carbocycles. The van der Waals surface area contributed by atoms with E-state index in [4.69, 9.17) is 0 Å². The SMILES string of the molecule is CCCCCCCCCCN1c2ccccc2CCc2cc(C=CC=c3s/c(=c4/sc(=C(C#N)C(=O)O)n(CC(=O)O)c4=O)n(CC)c3=O)ccc21. The number of thiazole rings is 2. The highest BCUT2D eigenvalue weighted by molar-refractivity contribution is 7.11. The van der Waals surface area contributed by atoms with Gasteiger partial charge in [-0.15, -0.1) is 22.7 Å². The third-order valence-electron chi connectivity index (χ3n) is 9.25. The van der Waals surface area contributed by atoms with Crippen molar-refractivity contribution >= 4 is 63.7 Å². The summed E-state index contributed by atoms with van der Waals surface area (Å²) in [6.07, 6.45) is 17.5. The molecule has 3 heterocycles. The molecule has 2 aromatic carbocycles. The third kappa shape index (κ3) is 8.72. The zero-order valence-corrected chi connectivity index (χ0v) is 31.2. The van der Waals surface area contributed by atoms with Crippen LogP contribution in [0, 0.1) is 20.5 Å². The van der Waals surface area contributed by atoms with Gasteiger partial charge in [-0.25, -0.2) is 4.79 Å². The first kappa shape index (κ1) is 38.2. The summed E-state index contributed by atoms with van der Waals surface area (Å²) in [6, 6.07) is 16.7. The number of anilines is 2. The van der Waals surface area contributed by atoms with Crippen molar-refractivity contribution in [2.45, 2.75) is 91.1 Å². The molecule has 272 valence electrons.